The molecule has 2 unspecified atom stereocenters. The molecular formula is C21H24N4O7S3. The molecule has 0 amide bonds. The Hall–Kier alpha value is -2.46. The van der Waals surface area contributed by atoms with Gasteiger partial charge in [0.15, 0.2) is 0 Å². The van der Waals surface area contributed by atoms with E-state index in [9.17, 15) is 27.0 Å². The van der Waals surface area contributed by atoms with E-state index in [1.54, 1.807) is 18.2 Å². The standard InChI is InChI=1S/C21H24N4O7S3/c22-35(30,31)32-10-13-6-14(7-18(13)26)25-21-17(9-23-12-24-21)20(27)19-8-16(11-33-19)34(28,29)15-4-2-1-3-5-15/h1-5,8-9,11-14,18,20,26-27H,6-7,10H2,(H2,22,30,31)(H,23,24,25)/t13?,14-,18+,20?/m1/s1. The minimum absolute atomic E-state index is 0.0747. The molecule has 1 aliphatic carbocycles. The monoisotopic (exact) mass is 540 g/mol. The van der Waals surface area contributed by atoms with E-state index in [4.69, 9.17) is 5.14 Å². The first kappa shape index (κ1) is 25.6. The maximum Gasteiger partial charge on any atom is 0.333 e. The predicted octanol–water partition coefficient (Wildman–Crippen LogP) is 1.22. The van der Waals surface area contributed by atoms with Gasteiger partial charge in [-0.15, -0.1) is 11.3 Å². The summed E-state index contributed by atoms with van der Waals surface area (Å²) in [5.41, 5.74) is 0.330. The van der Waals surface area contributed by atoms with Crippen molar-refractivity contribution in [3.05, 3.63) is 64.7 Å². The first-order chi connectivity index (χ1) is 16.5. The van der Waals surface area contributed by atoms with E-state index >= 15 is 0 Å². The lowest BCUT2D eigenvalue weighted by Crippen LogP contribution is -2.24. The summed E-state index contributed by atoms with van der Waals surface area (Å²) in [6.45, 7) is -0.245. The van der Waals surface area contributed by atoms with Crippen LogP contribution < -0.4 is 10.5 Å². The van der Waals surface area contributed by atoms with Crippen LogP contribution in [0.1, 0.15) is 29.4 Å². The fraction of sp³-hybridized carbons (Fsp3) is 0.333. The smallest absolute Gasteiger partial charge is 0.333 e. The van der Waals surface area contributed by atoms with Gasteiger partial charge in [-0.2, -0.15) is 8.42 Å². The first-order valence-corrected chi connectivity index (χ1v) is 14.4. The topological polar surface area (TPSA) is 182 Å². The van der Waals surface area contributed by atoms with Crippen LogP contribution in [0.3, 0.4) is 0 Å². The number of hydrogen-bond donors (Lipinski definition) is 4. The van der Waals surface area contributed by atoms with Crippen LogP contribution in [0.25, 0.3) is 0 Å². The summed E-state index contributed by atoms with van der Waals surface area (Å²) in [4.78, 5) is 8.81. The molecule has 11 nitrogen and oxygen atoms in total. The van der Waals surface area contributed by atoms with Crippen LogP contribution in [-0.2, 0) is 24.3 Å². The van der Waals surface area contributed by atoms with E-state index in [0.29, 0.717) is 29.1 Å². The normalized spacial score (nSPS) is 21.6. The van der Waals surface area contributed by atoms with E-state index in [1.807, 2.05) is 0 Å². The third-order valence-corrected chi connectivity index (χ3v) is 9.06. The van der Waals surface area contributed by atoms with Crippen LogP contribution >= 0.6 is 11.3 Å². The number of anilines is 1. The van der Waals surface area contributed by atoms with Crippen molar-refractivity contribution in [2.75, 3.05) is 11.9 Å². The molecule has 5 N–H and O–H groups in total. The summed E-state index contributed by atoms with van der Waals surface area (Å²) in [5.74, 6) is -0.136. The second kappa shape index (κ2) is 10.3. The SMILES string of the molecule is NS(=O)(=O)OCC1C[C@@H](Nc2ncncc2C(O)c2cc(S(=O)(=O)c3ccccc3)cs2)C[C@@H]1O. The van der Waals surface area contributed by atoms with Crippen LogP contribution in [-0.4, -0.2) is 55.8 Å². The molecule has 4 rings (SSSR count). The van der Waals surface area contributed by atoms with Crippen LogP contribution in [0.2, 0.25) is 0 Å². The van der Waals surface area contributed by atoms with Crippen molar-refractivity contribution in [1.82, 2.24) is 9.97 Å². The number of aliphatic hydroxyl groups excluding tert-OH is 2. The quantitative estimate of drug-likeness (QED) is 0.308. The second-order valence-corrected chi connectivity index (χ2v) is 12.3. The zero-order valence-corrected chi connectivity index (χ0v) is 20.7. The second-order valence-electron chi connectivity index (χ2n) is 8.15. The van der Waals surface area contributed by atoms with E-state index in [1.165, 1.54) is 36.1 Å². The van der Waals surface area contributed by atoms with Gasteiger partial charge in [-0.25, -0.2) is 23.5 Å². The Morgan fingerprint density at radius 3 is 2.63 bits per heavy atom. The number of nitrogens with two attached hydrogens (primary N) is 1. The van der Waals surface area contributed by atoms with Crippen molar-refractivity contribution >= 4 is 37.3 Å². The molecule has 2 aromatic heterocycles. The number of rotatable bonds is 9. The minimum atomic E-state index is -4.11. The first-order valence-electron chi connectivity index (χ1n) is 10.5. The van der Waals surface area contributed by atoms with E-state index < -0.39 is 38.3 Å². The molecule has 0 bridgehead atoms. The number of hydrogen-bond acceptors (Lipinski definition) is 11. The number of nitrogens with one attached hydrogen (secondary N) is 1. The molecule has 3 aromatic rings. The molecule has 0 saturated heterocycles. The molecule has 4 atom stereocenters. The van der Waals surface area contributed by atoms with Crippen molar-refractivity contribution < 1.29 is 31.2 Å². The van der Waals surface area contributed by atoms with Gasteiger partial charge in [0, 0.05) is 34.0 Å². The highest BCUT2D eigenvalue weighted by Gasteiger charge is 2.35. The fourth-order valence-electron chi connectivity index (χ4n) is 3.94. The zero-order chi connectivity index (χ0) is 25.2. The number of sulfone groups is 1. The summed E-state index contributed by atoms with van der Waals surface area (Å²) in [6, 6.07) is 9.16. The molecule has 0 radical (unpaired) electrons. The molecule has 14 heteroatoms. The maximum atomic E-state index is 12.9. The molecule has 35 heavy (non-hydrogen) atoms. The van der Waals surface area contributed by atoms with Crippen LogP contribution in [0, 0.1) is 5.92 Å². The Morgan fingerprint density at radius 1 is 1.17 bits per heavy atom. The molecule has 1 saturated carbocycles. The lowest BCUT2D eigenvalue weighted by atomic mass is 10.1. The van der Waals surface area contributed by atoms with Gasteiger partial charge < -0.3 is 15.5 Å². The number of benzene rings is 1. The fourth-order valence-corrected chi connectivity index (χ4v) is 6.88. The molecule has 2 heterocycles. The molecule has 0 spiro atoms. The van der Waals surface area contributed by atoms with E-state index in [-0.39, 0.29) is 22.4 Å². The van der Waals surface area contributed by atoms with Crippen LogP contribution in [0.5, 0.6) is 0 Å². The van der Waals surface area contributed by atoms with Gasteiger partial charge in [0.1, 0.15) is 18.2 Å². The number of aliphatic hydroxyl groups is 2. The highest BCUT2D eigenvalue weighted by molar-refractivity contribution is 7.91. The van der Waals surface area contributed by atoms with Gasteiger partial charge >= 0.3 is 10.3 Å². The summed E-state index contributed by atoms with van der Waals surface area (Å²) in [5, 5.41) is 30.8. The van der Waals surface area contributed by atoms with Crippen molar-refractivity contribution in [2.24, 2.45) is 11.1 Å². The maximum absolute atomic E-state index is 12.9. The number of nitrogens with zero attached hydrogens (tertiary/aromatic N) is 2. The van der Waals surface area contributed by atoms with Crippen molar-refractivity contribution in [3.8, 4) is 0 Å². The van der Waals surface area contributed by atoms with Gasteiger partial charge in [-0.05, 0) is 31.0 Å². The molecule has 188 valence electrons. The lowest BCUT2D eigenvalue weighted by Gasteiger charge is -2.18. The Bertz CT molecular complexity index is 1380. The Balaban J connectivity index is 1.50. The largest absolute Gasteiger partial charge is 0.393 e. The summed E-state index contributed by atoms with van der Waals surface area (Å²) >= 11 is 1.10. The van der Waals surface area contributed by atoms with Crippen molar-refractivity contribution in [2.45, 2.75) is 40.9 Å². The van der Waals surface area contributed by atoms with Crippen LogP contribution in [0.4, 0.5) is 5.82 Å². The molecule has 1 aromatic carbocycles. The molecular weight excluding hydrogens is 516 g/mol. The lowest BCUT2D eigenvalue weighted by molar-refractivity contribution is 0.101. The molecule has 1 aliphatic rings. The average Bonchev–Trinajstić information content (AvgIpc) is 3.45. The van der Waals surface area contributed by atoms with Gasteiger partial charge in [0.05, 0.1) is 22.5 Å². The van der Waals surface area contributed by atoms with Gasteiger partial charge in [0.25, 0.3) is 0 Å². The summed E-state index contributed by atoms with van der Waals surface area (Å²) < 4.78 is 52.5. The van der Waals surface area contributed by atoms with Gasteiger partial charge in [-0.1, -0.05) is 18.2 Å². The van der Waals surface area contributed by atoms with Gasteiger partial charge in [-0.3, -0.25) is 4.18 Å². The third-order valence-electron chi connectivity index (χ3n) is 5.71. The average molecular weight is 541 g/mol. The van der Waals surface area contributed by atoms with E-state index in [0.717, 1.165) is 11.3 Å². The van der Waals surface area contributed by atoms with E-state index in [2.05, 4.69) is 19.5 Å². The predicted molar refractivity (Wildman–Crippen MR) is 128 cm³/mol. The summed E-state index contributed by atoms with van der Waals surface area (Å²) in [7, 11) is -7.84. The third kappa shape index (κ3) is 6.03. The molecule has 0 aliphatic heterocycles. The highest BCUT2D eigenvalue weighted by Crippen LogP contribution is 2.35. The Labute approximate surface area is 206 Å². The highest BCUT2D eigenvalue weighted by atomic mass is 32.2. The zero-order valence-electron chi connectivity index (χ0n) is 18.3. The van der Waals surface area contributed by atoms with Crippen LogP contribution in [0.15, 0.2) is 64.1 Å². The summed E-state index contributed by atoms with van der Waals surface area (Å²) in [6.07, 6.45) is 1.40. The Kier molecular flexibility index (Phi) is 7.51. The Morgan fingerprint density at radius 2 is 1.91 bits per heavy atom. The van der Waals surface area contributed by atoms with Crippen molar-refractivity contribution in [1.29, 1.82) is 0 Å². The number of aromatic nitrogens is 2. The minimum Gasteiger partial charge on any atom is -0.393 e. The number of thiophene rings is 1. The van der Waals surface area contributed by atoms with Gasteiger partial charge in [0.2, 0.25) is 9.84 Å². The molecule has 1 fully saturated rings. The van der Waals surface area contributed by atoms with Crippen molar-refractivity contribution in [3.63, 3.8) is 0 Å².